The molecular formula is C19H26N2O3S. The summed E-state index contributed by atoms with van der Waals surface area (Å²) < 4.78 is 6.83. The molecule has 0 unspecified atom stereocenters. The Morgan fingerprint density at radius 1 is 1.48 bits per heavy atom. The average Bonchev–Trinajstić information content (AvgIpc) is 2.93. The van der Waals surface area contributed by atoms with Gasteiger partial charge >= 0.3 is 5.97 Å². The van der Waals surface area contributed by atoms with Crippen LogP contribution in [0, 0.1) is 11.8 Å². The Bertz CT molecular complexity index is 837. The Hall–Kier alpha value is -1.69. The van der Waals surface area contributed by atoms with Crippen LogP contribution in [0.1, 0.15) is 57.0 Å². The molecule has 0 bridgehead atoms. The number of aryl methyl sites for hydroxylation is 1. The first-order chi connectivity index (χ1) is 11.9. The Balaban J connectivity index is 2.00. The fourth-order valence-electron chi connectivity index (χ4n) is 3.39. The standard InChI is InChI=1S/C19H26N2O3S/c1-5-14(19(23)24-9-11(2)3)21-10-20-17-16(18(21)22)13-7-6-12(4)8-15(13)25-17/h10-12,14H,5-9H2,1-4H3/t12-,14+/m1/s1. The molecule has 0 amide bonds. The number of esters is 1. The van der Waals surface area contributed by atoms with Crippen LogP contribution in [-0.2, 0) is 22.4 Å². The van der Waals surface area contributed by atoms with Crippen LogP contribution in [0.5, 0.6) is 0 Å². The lowest BCUT2D eigenvalue weighted by Crippen LogP contribution is -2.31. The van der Waals surface area contributed by atoms with E-state index >= 15 is 0 Å². The minimum absolute atomic E-state index is 0.106. The van der Waals surface area contributed by atoms with E-state index in [0.717, 1.165) is 29.7 Å². The molecule has 25 heavy (non-hydrogen) atoms. The number of thiophene rings is 1. The van der Waals surface area contributed by atoms with Gasteiger partial charge in [0.05, 0.1) is 18.3 Å². The molecule has 0 saturated carbocycles. The molecule has 2 atom stereocenters. The highest BCUT2D eigenvalue weighted by molar-refractivity contribution is 7.18. The topological polar surface area (TPSA) is 61.2 Å². The van der Waals surface area contributed by atoms with Gasteiger partial charge in [-0.05, 0) is 43.1 Å². The number of carbonyl (C=O) groups excluding carboxylic acids is 1. The summed E-state index contributed by atoms with van der Waals surface area (Å²) in [6.07, 6.45) is 5.06. The van der Waals surface area contributed by atoms with Gasteiger partial charge in [0.1, 0.15) is 10.9 Å². The van der Waals surface area contributed by atoms with Gasteiger partial charge in [-0.2, -0.15) is 0 Å². The molecule has 0 saturated heterocycles. The van der Waals surface area contributed by atoms with Crippen LogP contribution in [0.25, 0.3) is 10.2 Å². The largest absolute Gasteiger partial charge is 0.464 e. The third-order valence-corrected chi connectivity index (χ3v) is 5.96. The van der Waals surface area contributed by atoms with Gasteiger partial charge in [-0.25, -0.2) is 9.78 Å². The predicted octanol–water partition coefficient (Wildman–Crippen LogP) is 3.73. The van der Waals surface area contributed by atoms with Gasteiger partial charge in [0.2, 0.25) is 0 Å². The summed E-state index contributed by atoms with van der Waals surface area (Å²) >= 11 is 1.63. The molecule has 3 rings (SSSR count). The molecule has 6 heteroatoms. The van der Waals surface area contributed by atoms with E-state index in [0.29, 0.717) is 24.3 Å². The lowest BCUT2D eigenvalue weighted by Gasteiger charge is -2.19. The third kappa shape index (κ3) is 3.50. The summed E-state index contributed by atoms with van der Waals surface area (Å²) in [5.74, 6) is 0.569. The van der Waals surface area contributed by atoms with E-state index in [1.54, 1.807) is 11.3 Å². The second-order valence-electron chi connectivity index (χ2n) is 7.44. The quantitative estimate of drug-likeness (QED) is 0.760. The predicted molar refractivity (Wildman–Crippen MR) is 100 cm³/mol. The molecule has 1 aliphatic carbocycles. The minimum Gasteiger partial charge on any atom is -0.464 e. The van der Waals surface area contributed by atoms with Crippen LogP contribution in [0.3, 0.4) is 0 Å². The fraction of sp³-hybridized carbons (Fsp3) is 0.632. The van der Waals surface area contributed by atoms with E-state index in [9.17, 15) is 9.59 Å². The van der Waals surface area contributed by atoms with Gasteiger partial charge in [-0.1, -0.05) is 27.7 Å². The molecule has 0 fully saturated rings. The van der Waals surface area contributed by atoms with Crippen molar-refractivity contribution in [1.29, 1.82) is 0 Å². The van der Waals surface area contributed by atoms with Crippen LogP contribution in [0.2, 0.25) is 0 Å². The van der Waals surface area contributed by atoms with Crippen molar-refractivity contribution >= 4 is 27.5 Å². The van der Waals surface area contributed by atoms with Gasteiger partial charge in [0.15, 0.2) is 0 Å². The van der Waals surface area contributed by atoms with E-state index in [-0.39, 0.29) is 17.4 Å². The zero-order valence-electron chi connectivity index (χ0n) is 15.4. The highest BCUT2D eigenvalue weighted by atomic mass is 32.1. The van der Waals surface area contributed by atoms with Crippen molar-refractivity contribution in [3.8, 4) is 0 Å². The van der Waals surface area contributed by atoms with Crippen LogP contribution < -0.4 is 5.56 Å². The number of carbonyl (C=O) groups is 1. The summed E-state index contributed by atoms with van der Waals surface area (Å²) in [6.45, 7) is 8.49. The minimum atomic E-state index is -0.610. The highest BCUT2D eigenvalue weighted by Crippen LogP contribution is 2.35. The highest BCUT2D eigenvalue weighted by Gasteiger charge is 2.27. The SMILES string of the molecule is CC[C@@H](C(=O)OCC(C)C)n1cnc2sc3c(c2c1=O)CC[C@@H](C)C3. The summed E-state index contributed by atoms with van der Waals surface area (Å²) in [5.41, 5.74) is 1.04. The number of aromatic nitrogens is 2. The number of hydrogen-bond acceptors (Lipinski definition) is 5. The van der Waals surface area contributed by atoms with Crippen molar-refractivity contribution in [2.45, 2.75) is 59.4 Å². The maximum absolute atomic E-state index is 13.1. The van der Waals surface area contributed by atoms with Crippen molar-refractivity contribution < 1.29 is 9.53 Å². The smallest absolute Gasteiger partial charge is 0.329 e. The molecular weight excluding hydrogens is 336 g/mol. The molecule has 0 N–H and O–H groups in total. The number of fused-ring (bicyclic) bond motifs is 3. The maximum Gasteiger partial charge on any atom is 0.329 e. The van der Waals surface area contributed by atoms with E-state index in [4.69, 9.17) is 4.74 Å². The monoisotopic (exact) mass is 362 g/mol. The zero-order valence-corrected chi connectivity index (χ0v) is 16.2. The Labute approximate surface area is 152 Å². The molecule has 2 heterocycles. The van der Waals surface area contributed by atoms with Crippen molar-refractivity contribution in [1.82, 2.24) is 9.55 Å². The van der Waals surface area contributed by atoms with Crippen LogP contribution in [0.15, 0.2) is 11.1 Å². The number of rotatable bonds is 5. The number of ether oxygens (including phenoxy) is 1. The van der Waals surface area contributed by atoms with Gasteiger partial charge < -0.3 is 4.74 Å². The first-order valence-corrected chi connectivity index (χ1v) is 9.92. The Morgan fingerprint density at radius 2 is 2.24 bits per heavy atom. The summed E-state index contributed by atoms with van der Waals surface area (Å²) in [6, 6.07) is -0.610. The summed E-state index contributed by atoms with van der Waals surface area (Å²) in [5, 5.41) is 0.713. The lowest BCUT2D eigenvalue weighted by atomic mass is 9.89. The summed E-state index contributed by atoms with van der Waals surface area (Å²) in [4.78, 5) is 32.1. The lowest BCUT2D eigenvalue weighted by molar-refractivity contribution is -0.149. The van der Waals surface area contributed by atoms with Crippen molar-refractivity contribution in [3.05, 3.63) is 27.1 Å². The van der Waals surface area contributed by atoms with Gasteiger partial charge in [0.25, 0.3) is 5.56 Å². The maximum atomic E-state index is 13.1. The van der Waals surface area contributed by atoms with Crippen molar-refractivity contribution in [3.63, 3.8) is 0 Å². The summed E-state index contributed by atoms with van der Waals surface area (Å²) in [7, 11) is 0. The van der Waals surface area contributed by atoms with Gasteiger partial charge in [-0.3, -0.25) is 9.36 Å². The van der Waals surface area contributed by atoms with E-state index < -0.39 is 6.04 Å². The Morgan fingerprint density at radius 3 is 2.92 bits per heavy atom. The first kappa shape index (κ1) is 18.1. The second kappa shape index (κ2) is 7.28. The van der Waals surface area contributed by atoms with Crippen LogP contribution >= 0.6 is 11.3 Å². The zero-order chi connectivity index (χ0) is 18.1. The average molecular weight is 362 g/mol. The fourth-order valence-corrected chi connectivity index (χ4v) is 4.73. The normalized spacial score (nSPS) is 18.4. The molecule has 136 valence electrons. The second-order valence-corrected chi connectivity index (χ2v) is 8.52. The molecule has 1 aliphatic rings. The van der Waals surface area contributed by atoms with E-state index in [2.05, 4.69) is 11.9 Å². The van der Waals surface area contributed by atoms with Gasteiger partial charge in [-0.15, -0.1) is 11.3 Å². The van der Waals surface area contributed by atoms with Crippen molar-refractivity contribution in [2.75, 3.05) is 6.61 Å². The van der Waals surface area contributed by atoms with E-state index in [1.165, 1.54) is 15.8 Å². The number of hydrogen-bond donors (Lipinski definition) is 0. The molecule has 0 radical (unpaired) electrons. The number of nitrogens with zero attached hydrogens (tertiary/aromatic N) is 2. The van der Waals surface area contributed by atoms with Crippen molar-refractivity contribution in [2.24, 2.45) is 11.8 Å². The Kier molecular flexibility index (Phi) is 5.27. The molecule has 2 aromatic heterocycles. The molecule has 0 aliphatic heterocycles. The molecule has 0 spiro atoms. The van der Waals surface area contributed by atoms with E-state index in [1.807, 2.05) is 20.8 Å². The third-order valence-electron chi connectivity index (χ3n) is 4.79. The van der Waals surface area contributed by atoms with Crippen LogP contribution in [0.4, 0.5) is 0 Å². The molecule has 5 nitrogen and oxygen atoms in total. The molecule has 2 aromatic rings. The molecule has 0 aromatic carbocycles. The van der Waals surface area contributed by atoms with Crippen LogP contribution in [-0.4, -0.2) is 22.1 Å². The first-order valence-electron chi connectivity index (χ1n) is 9.10. The van der Waals surface area contributed by atoms with Gasteiger partial charge in [0, 0.05) is 4.88 Å².